The molecule has 0 aromatic carbocycles. The van der Waals surface area contributed by atoms with Gasteiger partial charge in [0.2, 0.25) is 5.91 Å². The second-order valence-corrected chi connectivity index (χ2v) is 5.51. The van der Waals surface area contributed by atoms with Crippen molar-refractivity contribution >= 4 is 23.8 Å². The van der Waals surface area contributed by atoms with E-state index < -0.39 is 35.8 Å². The summed E-state index contributed by atoms with van der Waals surface area (Å²) in [7, 11) is 0. The summed E-state index contributed by atoms with van der Waals surface area (Å²) in [6.07, 6.45) is 3.00. The van der Waals surface area contributed by atoms with Gasteiger partial charge in [-0.3, -0.25) is 19.3 Å². The molecule has 1 saturated heterocycles. The Kier molecular flexibility index (Phi) is 3.99. The van der Waals surface area contributed by atoms with Gasteiger partial charge in [0.15, 0.2) is 0 Å². The zero-order valence-electron chi connectivity index (χ0n) is 12.2. The molecule has 22 heavy (non-hydrogen) atoms. The van der Waals surface area contributed by atoms with E-state index in [-0.39, 0.29) is 12.5 Å². The average Bonchev–Trinajstić information content (AvgIpc) is 3.30. The highest BCUT2D eigenvalue weighted by Crippen LogP contribution is 2.39. The lowest BCUT2D eigenvalue weighted by molar-refractivity contribution is -0.143. The van der Waals surface area contributed by atoms with Gasteiger partial charge in [-0.15, -0.1) is 6.58 Å². The van der Waals surface area contributed by atoms with Crippen LogP contribution in [-0.2, 0) is 14.4 Å². The van der Waals surface area contributed by atoms with Gasteiger partial charge in [0, 0.05) is 6.54 Å². The van der Waals surface area contributed by atoms with E-state index in [9.17, 15) is 24.4 Å². The van der Waals surface area contributed by atoms with Gasteiger partial charge in [0.25, 0.3) is 0 Å². The van der Waals surface area contributed by atoms with Gasteiger partial charge in [-0.05, 0) is 25.7 Å². The maximum Gasteiger partial charge on any atom is 0.335 e. The lowest BCUT2D eigenvalue weighted by Crippen LogP contribution is -2.51. The summed E-state index contributed by atoms with van der Waals surface area (Å²) in [4.78, 5) is 48.6. The topological polar surface area (TPSA) is 111 Å². The second kappa shape index (κ2) is 5.60. The smallest absolute Gasteiger partial charge is 0.335 e. The number of hydrogen-bond acceptors (Lipinski definition) is 5. The number of amides is 5. The lowest BCUT2D eigenvalue weighted by atomic mass is 9.98. The van der Waals surface area contributed by atoms with Crippen molar-refractivity contribution in [2.24, 2.45) is 5.92 Å². The number of nitrogens with zero attached hydrogens (tertiary/aromatic N) is 3. The first-order valence-electron chi connectivity index (χ1n) is 6.84. The van der Waals surface area contributed by atoms with Crippen LogP contribution >= 0.6 is 0 Å². The van der Waals surface area contributed by atoms with Crippen LogP contribution in [0, 0.1) is 17.2 Å². The Balaban J connectivity index is 2.04. The molecule has 0 unspecified atom stereocenters. The van der Waals surface area contributed by atoms with Crippen molar-refractivity contribution in [2.45, 2.75) is 25.3 Å². The molecule has 0 radical (unpaired) electrons. The van der Waals surface area contributed by atoms with Crippen LogP contribution in [0.5, 0.6) is 0 Å². The zero-order chi connectivity index (χ0) is 16.5. The molecule has 0 bridgehead atoms. The molecule has 1 aliphatic carbocycles. The number of imide groups is 2. The number of nitrogens with one attached hydrogen (secondary N) is 1. The molecule has 0 spiro atoms. The molecule has 8 heteroatoms. The van der Waals surface area contributed by atoms with Crippen LogP contribution in [0.3, 0.4) is 0 Å². The van der Waals surface area contributed by atoms with Gasteiger partial charge in [-0.2, -0.15) is 5.26 Å². The second-order valence-electron chi connectivity index (χ2n) is 5.51. The van der Waals surface area contributed by atoms with E-state index in [4.69, 9.17) is 0 Å². The molecule has 1 N–H and O–H groups in total. The molecule has 116 valence electrons. The minimum absolute atomic E-state index is 0.0744. The Morgan fingerprint density at radius 2 is 2.00 bits per heavy atom. The molecule has 0 aromatic heterocycles. The van der Waals surface area contributed by atoms with E-state index in [0.717, 1.165) is 12.8 Å². The summed E-state index contributed by atoms with van der Waals surface area (Å²) in [5.74, 6) is -2.61. The van der Waals surface area contributed by atoms with E-state index in [1.54, 1.807) is 6.92 Å². The van der Waals surface area contributed by atoms with Crippen molar-refractivity contribution in [1.82, 2.24) is 15.1 Å². The minimum atomic E-state index is -1.05. The van der Waals surface area contributed by atoms with Crippen molar-refractivity contribution < 1.29 is 19.2 Å². The highest BCUT2D eigenvalue weighted by Gasteiger charge is 2.46. The standard InChI is InChI=1S/C14H16N4O4/c1-3-6-17-11(20)12(21)18(13(17)22)7-10(19)16-14(2,8-15)9-4-5-9/h3,9H,1,4-7H2,2H3,(H,16,19)/t14-/m1/s1. The molecular formula is C14H16N4O4. The number of urea groups is 1. The molecule has 2 fully saturated rings. The van der Waals surface area contributed by atoms with E-state index in [1.165, 1.54) is 6.08 Å². The highest BCUT2D eigenvalue weighted by atomic mass is 16.2. The molecular weight excluding hydrogens is 288 g/mol. The number of rotatable bonds is 6. The number of nitriles is 1. The summed E-state index contributed by atoms with van der Waals surface area (Å²) < 4.78 is 0. The molecule has 2 rings (SSSR count). The van der Waals surface area contributed by atoms with Crippen molar-refractivity contribution in [3.63, 3.8) is 0 Å². The number of hydrogen-bond donors (Lipinski definition) is 1. The molecule has 1 heterocycles. The maximum atomic E-state index is 12.0. The quantitative estimate of drug-likeness (QED) is 0.414. The van der Waals surface area contributed by atoms with Gasteiger partial charge in [0.1, 0.15) is 12.1 Å². The summed E-state index contributed by atoms with van der Waals surface area (Å²) in [5, 5.41) is 11.7. The van der Waals surface area contributed by atoms with Gasteiger partial charge in [-0.25, -0.2) is 9.69 Å². The summed E-state index contributed by atoms with van der Waals surface area (Å²) in [5.41, 5.74) is -1.02. The minimum Gasteiger partial charge on any atom is -0.336 e. The van der Waals surface area contributed by atoms with Gasteiger partial charge in [0.05, 0.1) is 6.07 Å². The first kappa shape index (κ1) is 15.7. The fourth-order valence-corrected chi connectivity index (χ4v) is 2.33. The molecule has 0 aromatic rings. The van der Waals surface area contributed by atoms with Gasteiger partial charge < -0.3 is 5.32 Å². The monoisotopic (exact) mass is 304 g/mol. The Morgan fingerprint density at radius 3 is 2.50 bits per heavy atom. The van der Waals surface area contributed by atoms with Crippen molar-refractivity contribution in [1.29, 1.82) is 5.26 Å². The van der Waals surface area contributed by atoms with Crippen LogP contribution in [0.25, 0.3) is 0 Å². The van der Waals surface area contributed by atoms with Gasteiger partial charge >= 0.3 is 17.8 Å². The van der Waals surface area contributed by atoms with Crippen LogP contribution in [0.1, 0.15) is 19.8 Å². The van der Waals surface area contributed by atoms with Gasteiger partial charge in [-0.1, -0.05) is 6.08 Å². The van der Waals surface area contributed by atoms with Crippen LogP contribution in [-0.4, -0.2) is 52.2 Å². The van der Waals surface area contributed by atoms with Crippen molar-refractivity contribution in [3.8, 4) is 6.07 Å². The molecule has 5 amide bonds. The number of carbonyl (C=O) groups is 4. The van der Waals surface area contributed by atoms with E-state index >= 15 is 0 Å². The van der Waals surface area contributed by atoms with Crippen LogP contribution < -0.4 is 5.32 Å². The summed E-state index contributed by atoms with van der Waals surface area (Å²) in [6.45, 7) is 4.32. The fraction of sp³-hybridized carbons (Fsp3) is 0.500. The van der Waals surface area contributed by atoms with Crippen LogP contribution in [0.4, 0.5) is 4.79 Å². The largest absolute Gasteiger partial charge is 0.336 e. The Morgan fingerprint density at radius 1 is 1.41 bits per heavy atom. The maximum absolute atomic E-state index is 12.0. The summed E-state index contributed by atoms with van der Waals surface area (Å²) >= 11 is 0. The lowest BCUT2D eigenvalue weighted by Gasteiger charge is -2.24. The van der Waals surface area contributed by atoms with Crippen molar-refractivity contribution in [2.75, 3.05) is 13.1 Å². The Bertz CT molecular complexity index is 604. The third kappa shape index (κ3) is 2.70. The third-order valence-corrected chi connectivity index (χ3v) is 3.77. The Hall–Kier alpha value is -2.69. The Labute approximate surface area is 127 Å². The average molecular weight is 304 g/mol. The van der Waals surface area contributed by atoms with Crippen LogP contribution in [0.2, 0.25) is 0 Å². The van der Waals surface area contributed by atoms with E-state index in [1.807, 2.05) is 6.07 Å². The zero-order valence-corrected chi connectivity index (χ0v) is 12.2. The molecule has 1 aliphatic heterocycles. The van der Waals surface area contributed by atoms with E-state index in [2.05, 4.69) is 11.9 Å². The predicted molar refractivity (Wildman–Crippen MR) is 73.9 cm³/mol. The molecule has 8 nitrogen and oxygen atoms in total. The molecule has 1 saturated carbocycles. The summed E-state index contributed by atoms with van der Waals surface area (Å²) in [6, 6.07) is 1.19. The number of carbonyl (C=O) groups excluding carboxylic acids is 4. The predicted octanol–water partition coefficient (Wildman–Crippen LogP) is -0.228. The molecule has 1 atom stereocenters. The highest BCUT2D eigenvalue weighted by molar-refractivity contribution is 6.45. The first-order chi connectivity index (χ1) is 10.3. The third-order valence-electron chi connectivity index (χ3n) is 3.77. The van der Waals surface area contributed by atoms with Crippen LogP contribution in [0.15, 0.2) is 12.7 Å². The van der Waals surface area contributed by atoms with E-state index in [0.29, 0.717) is 9.80 Å². The SMILES string of the molecule is C=CCN1C(=O)C(=O)N(CC(=O)N[C@](C)(C#N)C2CC2)C1=O. The van der Waals surface area contributed by atoms with Crippen molar-refractivity contribution in [3.05, 3.63) is 12.7 Å². The normalized spacial score (nSPS) is 20.6. The first-order valence-corrected chi connectivity index (χ1v) is 6.84. The fourth-order valence-electron chi connectivity index (χ4n) is 2.33. The molecule has 2 aliphatic rings.